The molecule has 3 aromatic rings. The van der Waals surface area contributed by atoms with Crippen LogP contribution < -0.4 is 9.62 Å². The third-order valence-corrected chi connectivity index (χ3v) is 8.25. The average molecular weight is 536 g/mol. The third kappa shape index (κ3) is 7.01. The summed E-state index contributed by atoms with van der Waals surface area (Å²) in [4.78, 5) is 28.6. The molecule has 8 heteroatoms. The summed E-state index contributed by atoms with van der Waals surface area (Å²) in [7, 11) is -4.06. The number of para-hydroxylation sites is 1. The minimum atomic E-state index is -4.06. The number of nitrogens with one attached hydrogen (secondary N) is 1. The van der Waals surface area contributed by atoms with Gasteiger partial charge in [-0.25, -0.2) is 8.42 Å². The molecule has 0 fully saturated rings. The van der Waals surface area contributed by atoms with Gasteiger partial charge in [-0.05, 0) is 55.5 Å². The number of carbonyl (C=O) groups excluding carboxylic acids is 2. The van der Waals surface area contributed by atoms with Gasteiger partial charge in [0.1, 0.15) is 12.6 Å². The maximum Gasteiger partial charge on any atom is 0.264 e. The summed E-state index contributed by atoms with van der Waals surface area (Å²) in [6.45, 7) is 5.94. The zero-order valence-electron chi connectivity index (χ0n) is 22.3. The summed E-state index contributed by atoms with van der Waals surface area (Å²) >= 11 is 0. The van der Waals surface area contributed by atoms with Gasteiger partial charge < -0.3 is 10.2 Å². The first-order valence-corrected chi connectivity index (χ1v) is 14.5. The van der Waals surface area contributed by atoms with Gasteiger partial charge in [-0.1, -0.05) is 80.6 Å². The van der Waals surface area contributed by atoms with E-state index in [1.807, 2.05) is 63.2 Å². The molecule has 1 N–H and O–H groups in total. The zero-order chi connectivity index (χ0) is 27.5. The van der Waals surface area contributed by atoms with Crippen molar-refractivity contribution in [3.63, 3.8) is 0 Å². The second-order valence-electron chi connectivity index (χ2n) is 8.95. The van der Waals surface area contributed by atoms with Gasteiger partial charge in [0, 0.05) is 13.1 Å². The molecular weight excluding hydrogens is 498 g/mol. The highest BCUT2D eigenvalue weighted by Crippen LogP contribution is 2.28. The molecule has 3 aromatic carbocycles. The lowest BCUT2D eigenvalue weighted by atomic mass is 10.1. The number of benzene rings is 3. The van der Waals surface area contributed by atoms with Gasteiger partial charge in [0.15, 0.2) is 0 Å². The molecule has 0 saturated heterocycles. The summed E-state index contributed by atoms with van der Waals surface area (Å²) in [5.41, 5.74) is 2.30. The van der Waals surface area contributed by atoms with Crippen molar-refractivity contribution in [3.8, 4) is 0 Å². The number of rotatable bonds is 13. The molecule has 3 rings (SSSR count). The van der Waals surface area contributed by atoms with E-state index in [-0.39, 0.29) is 17.3 Å². The van der Waals surface area contributed by atoms with Crippen molar-refractivity contribution in [2.45, 2.75) is 51.0 Å². The van der Waals surface area contributed by atoms with Crippen LogP contribution in [0, 0.1) is 0 Å². The van der Waals surface area contributed by atoms with Crippen molar-refractivity contribution in [1.29, 1.82) is 0 Å². The highest BCUT2D eigenvalue weighted by Gasteiger charge is 2.33. The van der Waals surface area contributed by atoms with Gasteiger partial charge in [-0.3, -0.25) is 13.9 Å². The molecule has 0 aromatic heterocycles. The van der Waals surface area contributed by atoms with Gasteiger partial charge >= 0.3 is 0 Å². The van der Waals surface area contributed by atoms with Gasteiger partial charge in [-0.2, -0.15) is 0 Å². The number of carbonyl (C=O) groups is 2. The van der Waals surface area contributed by atoms with Crippen LogP contribution >= 0.6 is 0 Å². The van der Waals surface area contributed by atoms with Crippen LogP contribution in [0.15, 0.2) is 89.8 Å². The van der Waals surface area contributed by atoms with Crippen LogP contribution in [-0.4, -0.2) is 50.8 Å². The van der Waals surface area contributed by atoms with Gasteiger partial charge in [0.25, 0.3) is 10.0 Å². The first kappa shape index (κ1) is 28.9. The second-order valence-corrected chi connectivity index (χ2v) is 10.8. The molecule has 0 unspecified atom stereocenters. The quantitative estimate of drug-likeness (QED) is 0.351. The summed E-state index contributed by atoms with van der Waals surface area (Å²) in [5, 5.41) is 2.82. The standard InChI is InChI=1S/C30H37N3O4S/c1-4-25-17-13-14-20-28(25)33(38(36,37)26-18-11-8-12-19-26)23-29(34)32(27(5-2)30(35)31-6-3)22-21-24-15-9-7-10-16-24/h7-20,27H,4-6,21-23H2,1-3H3,(H,31,35)/t27-/m0/s1. The Morgan fingerprint density at radius 3 is 2.05 bits per heavy atom. The summed E-state index contributed by atoms with van der Waals surface area (Å²) in [6, 6.07) is 24.3. The largest absolute Gasteiger partial charge is 0.355 e. The molecule has 38 heavy (non-hydrogen) atoms. The van der Waals surface area contributed by atoms with E-state index in [0.29, 0.717) is 31.5 Å². The minimum absolute atomic E-state index is 0.102. The Kier molecular flexibility index (Phi) is 10.5. The lowest BCUT2D eigenvalue weighted by molar-refractivity contribution is -0.139. The number of nitrogens with zero attached hydrogens (tertiary/aromatic N) is 2. The van der Waals surface area contributed by atoms with Crippen molar-refractivity contribution < 1.29 is 18.0 Å². The molecule has 0 radical (unpaired) electrons. The fourth-order valence-corrected chi connectivity index (χ4v) is 5.95. The Morgan fingerprint density at radius 1 is 0.842 bits per heavy atom. The normalized spacial score (nSPS) is 12.0. The number of likely N-dealkylation sites (N-methyl/N-ethyl adjacent to an activating group) is 1. The lowest BCUT2D eigenvalue weighted by Gasteiger charge is -2.33. The highest BCUT2D eigenvalue weighted by molar-refractivity contribution is 7.92. The molecule has 0 saturated carbocycles. The number of hydrogen-bond acceptors (Lipinski definition) is 4. The number of anilines is 1. The van der Waals surface area contributed by atoms with E-state index in [0.717, 1.165) is 11.1 Å². The Bertz CT molecular complexity index is 1300. The lowest BCUT2D eigenvalue weighted by Crippen LogP contribution is -2.53. The first-order chi connectivity index (χ1) is 18.3. The Labute approximate surface area is 226 Å². The first-order valence-electron chi connectivity index (χ1n) is 13.1. The van der Waals surface area contributed by atoms with Crippen LogP contribution in [0.4, 0.5) is 5.69 Å². The Hall–Kier alpha value is -3.65. The van der Waals surface area contributed by atoms with Crippen LogP contribution in [0.25, 0.3) is 0 Å². The SMILES string of the molecule is CCNC(=O)[C@H](CC)N(CCc1ccccc1)C(=O)CN(c1ccccc1CC)S(=O)(=O)c1ccccc1. The van der Waals surface area contributed by atoms with E-state index in [1.54, 1.807) is 30.3 Å². The van der Waals surface area contributed by atoms with Crippen LogP contribution in [0.5, 0.6) is 0 Å². The molecule has 0 heterocycles. The van der Waals surface area contributed by atoms with E-state index >= 15 is 0 Å². The van der Waals surface area contributed by atoms with Crippen LogP contribution in [0.1, 0.15) is 38.3 Å². The van der Waals surface area contributed by atoms with Gasteiger partial charge in [0.2, 0.25) is 11.8 Å². The van der Waals surface area contributed by atoms with E-state index in [9.17, 15) is 18.0 Å². The average Bonchev–Trinajstić information content (AvgIpc) is 2.94. The molecule has 0 bridgehead atoms. The molecule has 0 spiro atoms. The molecule has 0 aliphatic heterocycles. The van der Waals surface area contributed by atoms with Gasteiger partial charge in [-0.15, -0.1) is 0 Å². The molecule has 2 amide bonds. The maximum atomic E-state index is 14.0. The Balaban J connectivity index is 2.03. The number of sulfonamides is 1. The second kappa shape index (κ2) is 13.8. The molecule has 0 aliphatic rings. The highest BCUT2D eigenvalue weighted by atomic mass is 32.2. The van der Waals surface area contributed by atoms with E-state index in [2.05, 4.69) is 5.32 Å². The van der Waals surface area contributed by atoms with Crippen LogP contribution in [-0.2, 0) is 32.5 Å². The predicted octanol–water partition coefficient (Wildman–Crippen LogP) is 4.43. The zero-order valence-corrected chi connectivity index (χ0v) is 23.2. The number of amides is 2. The van der Waals surface area contributed by atoms with Crippen molar-refractivity contribution in [2.75, 3.05) is 23.9 Å². The van der Waals surface area contributed by atoms with Crippen LogP contribution in [0.3, 0.4) is 0 Å². The Morgan fingerprint density at radius 2 is 1.45 bits per heavy atom. The van der Waals surface area contributed by atoms with Crippen molar-refractivity contribution in [1.82, 2.24) is 10.2 Å². The predicted molar refractivity (Wildman–Crippen MR) is 151 cm³/mol. The fourth-order valence-electron chi connectivity index (χ4n) is 4.47. The third-order valence-electron chi connectivity index (χ3n) is 6.47. The summed E-state index contributed by atoms with van der Waals surface area (Å²) in [6.07, 6.45) is 1.54. The van der Waals surface area contributed by atoms with Crippen molar-refractivity contribution in [3.05, 3.63) is 96.1 Å². The van der Waals surface area contributed by atoms with Crippen molar-refractivity contribution in [2.24, 2.45) is 0 Å². The minimum Gasteiger partial charge on any atom is -0.355 e. The van der Waals surface area contributed by atoms with E-state index in [1.165, 1.54) is 21.3 Å². The fraction of sp³-hybridized carbons (Fsp3) is 0.333. The molecule has 202 valence electrons. The van der Waals surface area contributed by atoms with Gasteiger partial charge in [0.05, 0.1) is 10.6 Å². The van der Waals surface area contributed by atoms with Crippen LogP contribution in [0.2, 0.25) is 0 Å². The molecule has 7 nitrogen and oxygen atoms in total. The topological polar surface area (TPSA) is 86.8 Å². The molecular formula is C30H37N3O4S. The number of hydrogen-bond donors (Lipinski definition) is 1. The monoisotopic (exact) mass is 535 g/mol. The summed E-state index contributed by atoms with van der Waals surface area (Å²) in [5.74, 6) is -0.674. The summed E-state index contributed by atoms with van der Waals surface area (Å²) < 4.78 is 29.0. The number of aryl methyl sites for hydroxylation is 1. The van der Waals surface area contributed by atoms with E-state index in [4.69, 9.17) is 0 Å². The molecule has 0 aliphatic carbocycles. The maximum absolute atomic E-state index is 14.0. The van der Waals surface area contributed by atoms with Crippen molar-refractivity contribution >= 4 is 27.5 Å². The smallest absolute Gasteiger partial charge is 0.264 e. The van der Waals surface area contributed by atoms with E-state index < -0.39 is 28.5 Å². The molecule has 1 atom stereocenters.